The molecule has 5 rings (SSSR count). The van der Waals surface area contributed by atoms with Crippen LogP contribution in [0.15, 0.2) is 101 Å². The molecule has 1 fully saturated rings. The number of ether oxygens (including phenoxy) is 4. The number of carbonyl (C=O) groups is 2. The van der Waals surface area contributed by atoms with Crippen molar-refractivity contribution >= 4 is 23.7 Å². The van der Waals surface area contributed by atoms with E-state index in [1.165, 1.54) is 30.7 Å². The molecule has 0 aliphatic carbocycles. The number of nitrogens with zero attached hydrogens (tertiary/aromatic N) is 1. The number of aromatic nitrogens is 2. The highest BCUT2D eigenvalue weighted by Crippen LogP contribution is 2.53. The van der Waals surface area contributed by atoms with Crippen molar-refractivity contribution in [1.29, 1.82) is 0 Å². The van der Waals surface area contributed by atoms with Gasteiger partial charge in [-0.1, -0.05) is 54.6 Å². The number of aliphatic hydroxyl groups excluding tert-OH is 1. The fraction of sp³-hybridized carbons (Fsp3) is 0.294. The minimum absolute atomic E-state index is 0.607. The van der Waals surface area contributed by atoms with Crippen molar-refractivity contribution in [3.63, 3.8) is 0 Å². The van der Waals surface area contributed by atoms with Gasteiger partial charge in [-0.3, -0.25) is 23.9 Å². The Hall–Kier alpha value is -4.81. The van der Waals surface area contributed by atoms with Gasteiger partial charge in [0, 0.05) is 26.1 Å². The van der Waals surface area contributed by atoms with E-state index < -0.39 is 57.5 Å². The first-order valence-electron chi connectivity index (χ1n) is 14.4. The highest BCUT2D eigenvalue weighted by atomic mass is 32.2. The lowest BCUT2D eigenvalue weighted by molar-refractivity contribution is -0.167. The number of aromatic amines is 1. The second-order valence-corrected chi connectivity index (χ2v) is 12.0. The van der Waals surface area contributed by atoms with Crippen LogP contribution in [0.25, 0.3) is 0 Å². The summed E-state index contributed by atoms with van der Waals surface area (Å²) in [5.74, 6) is -0.139. The number of carbonyl (C=O) groups excluding carboxylic acids is 2. The molecule has 0 amide bonds. The van der Waals surface area contributed by atoms with Gasteiger partial charge in [0.05, 0.1) is 31.0 Å². The normalized spacial score (nSPS) is 20.0. The number of hydrogen-bond acceptors (Lipinski definition) is 10. The van der Waals surface area contributed by atoms with Crippen LogP contribution in [-0.2, 0) is 24.5 Å². The zero-order valence-corrected chi connectivity index (χ0v) is 26.4. The summed E-state index contributed by atoms with van der Waals surface area (Å²) in [6.45, 7) is 2.42. The summed E-state index contributed by atoms with van der Waals surface area (Å²) in [7, 11) is 3.12. The number of rotatable bonds is 10. The number of H-pyrrole nitrogens is 1. The third kappa shape index (κ3) is 6.18. The van der Waals surface area contributed by atoms with Gasteiger partial charge >= 0.3 is 17.6 Å². The maximum absolute atomic E-state index is 13.0. The Labute approximate surface area is 269 Å². The molecule has 1 saturated heterocycles. The van der Waals surface area contributed by atoms with Crippen molar-refractivity contribution in [1.82, 2.24) is 9.55 Å². The molecule has 1 aromatic heterocycles. The first-order valence-corrected chi connectivity index (χ1v) is 15.4. The van der Waals surface area contributed by atoms with Crippen molar-refractivity contribution in [3.8, 4) is 11.5 Å². The number of esters is 2. The molecule has 0 radical (unpaired) electrons. The number of aliphatic hydroxyl groups is 1. The molecule has 4 aromatic rings. The third-order valence-electron chi connectivity index (χ3n) is 8.03. The third-order valence-corrected chi connectivity index (χ3v) is 9.64. The van der Waals surface area contributed by atoms with Crippen molar-refractivity contribution in [2.75, 3.05) is 14.2 Å². The summed E-state index contributed by atoms with van der Waals surface area (Å²) in [6, 6.07) is 25.1. The highest BCUT2D eigenvalue weighted by molar-refractivity contribution is 8.00. The van der Waals surface area contributed by atoms with Crippen molar-refractivity contribution in [2.45, 2.75) is 48.2 Å². The number of methoxy groups -OCH3 is 2. The van der Waals surface area contributed by atoms with E-state index in [9.17, 15) is 24.3 Å². The molecule has 0 bridgehead atoms. The van der Waals surface area contributed by atoms with Crippen LogP contribution in [0.4, 0.5) is 0 Å². The molecule has 1 aliphatic rings. The lowest BCUT2D eigenvalue weighted by Gasteiger charge is -2.43. The molecule has 2 heterocycles. The van der Waals surface area contributed by atoms with Crippen LogP contribution in [0.5, 0.6) is 11.5 Å². The monoisotopic (exact) mass is 646 g/mol. The molecule has 0 spiro atoms. The molecule has 1 unspecified atom stereocenters. The van der Waals surface area contributed by atoms with Gasteiger partial charge in [-0.05, 0) is 41.0 Å². The van der Waals surface area contributed by atoms with E-state index >= 15 is 0 Å². The van der Waals surface area contributed by atoms with Crippen LogP contribution < -0.4 is 20.7 Å². The first kappa shape index (κ1) is 32.6. The maximum Gasteiger partial charge on any atom is 0.329 e. The molecular formula is C34H34N2O9S. The second kappa shape index (κ2) is 13.7. The smallest absolute Gasteiger partial charge is 0.329 e. The van der Waals surface area contributed by atoms with E-state index in [0.29, 0.717) is 28.2 Å². The minimum Gasteiger partial charge on any atom is -0.497 e. The van der Waals surface area contributed by atoms with Crippen LogP contribution in [0, 0.1) is 0 Å². The molecule has 12 heteroatoms. The van der Waals surface area contributed by atoms with Crippen LogP contribution in [0.2, 0.25) is 0 Å². The highest BCUT2D eigenvalue weighted by Gasteiger charge is 2.58. The number of benzene rings is 3. The topological polar surface area (TPSA) is 146 Å². The summed E-state index contributed by atoms with van der Waals surface area (Å²) in [5, 5.41) is 11.0. The van der Waals surface area contributed by atoms with Gasteiger partial charge in [0.25, 0.3) is 5.56 Å². The fourth-order valence-electron chi connectivity index (χ4n) is 6.08. The van der Waals surface area contributed by atoms with Gasteiger partial charge in [-0.2, -0.15) is 0 Å². The molecule has 1 aliphatic heterocycles. The minimum atomic E-state index is -1.37. The standard InChI is InChI=1S/C34H34N2O9S/c1-20(37)44-28-29(45-21(2)38)32(36-19-18-27(39)35-33(36)41)46-30(28)31(40)34(22-8-6-5-7-9-22,23-10-14-25(42-3)15-11-23)24-12-16-26(43-4)17-13-24/h5-19,28-32,40H,1-4H3,(H,35,39,41)/t28-,29+,30+,31?,32-/m0/s1. The maximum atomic E-state index is 13.0. The fourth-order valence-corrected chi connectivity index (χ4v) is 7.78. The quantitative estimate of drug-likeness (QED) is 0.194. The molecule has 2 N–H and O–H groups in total. The van der Waals surface area contributed by atoms with E-state index in [1.54, 1.807) is 38.5 Å². The van der Waals surface area contributed by atoms with Crippen LogP contribution in [0.3, 0.4) is 0 Å². The first-order chi connectivity index (χ1) is 22.1. The lowest BCUT2D eigenvalue weighted by Crippen LogP contribution is -2.52. The van der Waals surface area contributed by atoms with Crippen molar-refractivity contribution in [3.05, 3.63) is 129 Å². The number of thioether (sulfide) groups is 1. The van der Waals surface area contributed by atoms with Gasteiger partial charge < -0.3 is 24.1 Å². The zero-order valence-electron chi connectivity index (χ0n) is 25.6. The summed E-state index contributed by atoms with van der Waals surface area (Å²) in [5.41, 5.74) is -0.571. The average Bonchev–Trinajstić information content (AvgIpc) is 3.38. The predicted molar refractivity (Wildman–Crippen MR) is 171 cm³/mol. The summed E-state index contributed by atoms with van der Waals surface area (Å²) in [6.07, 6.45) is -2.49. The predicted octanol–water partition coefficient (Wildman–Crippen LogP) is 3.43. The van der Waals surface area contributed by atoms with Crippen molar-refractivity contribution in [2.24, 2.45) is 0 Å². The Balaban J connectivity index is 1.78. The number of hydrogen-bond donors (Lipinski definition) is 2. The molecule has 240 valence electrons. The average molecular weight is 647 g/mol. The summed E-state index contributed by atoms with van der Waals surface area (Å²) in [4.78, 5) is 52.1. The Morgan fingerprint density at radius 1 is 0.783 bits per heavy atom. The van der Waals surface area contributed by atoms with E-state index in [4.69, 9.17) is 18.9 Å². The summed E-state index contributed by atoms with van der Waals surface area (Å²) < 4.78 is 23.6. The Kier molecular flexibility index (Phi) is 9.68. The number of nitrogens with one attached hydrogen (secondary N) is 1. The molecule has 46 heavy (non-hydrogen) atoms. The molecule has 3 aromatic carbocycles. The second-order valence-electron chi connectivity index (χ2n) is 10.7. The van der Waals surface area contributed by atoms with Crippen LogP contribution in [-0.4, -0.2) is 64.4 Å². The Morgan fingerprint density at radius 3 is 1.76 bits per heavy atom. The van der Waals surface area contributed by atoms with E-state index in [-0.39, 0.29) is 0 Å². The lowest BCUT2D eigenvalue weighted by atomic mass is 9.64. The van der Waals surface area contributed by atoms with Gasteiger partial charge in [0.1, 0.15) is 16.9 Å². The molecule has 11 nitrogen and oxygen atoms in total. The largest absolute Gasteiger partial charge is 0.497 e. The molecular weight excluding hydrogens is 612 g/mol. The van der Waals surface area contributed by atoms with Crippen molar-refractivity contribution < 1.29 is 33.6 Å². The van der Waals surface area contributed by atoms with Gasteiger partial charge in [0.2, 0.25) is 0 Å². The van der Waals surface area contributed by atoms with Crippen LogP contribution in [0.1, 0.15) is 35.9 Å². The van der Waals surface area contributed by atoms with E-state index in [1.807, 2.05) is 54.6 Å². The SMILES string of the molecule is COc1ccc(C(c2ccccc2)(c2ccc(OC)cc2)C(O)[C@@H]2S[C@H](n3ccc(=O)[nH]c3=O)[C@H](OC(C)=O)[C@@H]2OC(C)=O)cc1. The zero-order chi connectivity index (χ0) is 33.0. The Bertz CT molecular complexity index is 1740. The Morgan fingerprint density at radius 2 is 1.28 bits per heavy atom. The molecule has 5 atom stereocenters. The summed E-state index contributed by atoms with van der Waals surface area (Å²) >= 11 is 1.11. The van der Waals surface area contributed by atoms with E-state index in [2.05, 4.69) is 4.98 Å². The van der Waals surface area contributed by atoms with Gasteiger partial charge in [-0.25, -0.2) is 4.79 Å². The van der Waals surface area contributed by atoms with E-state index in [0.717, 1.165) is 11.8 Å². The van der Waals surface area contributed by atoms with Gasteiger partial charge in [0.15, 0.2) is 12.2 Å². The van der Waals surface area contributed by atoms with Crippen LogP contribution >= 0.6 is 11.8 Å². The molecule has 0 saturated carbocycles. The van der Waals surface area contributed by atoms with Gasteiger partial charge in [-0.15, -0.1) is 11.8 Å².